The molecule has 114 valence electrons. The van der Waals surface area contributed by atoms with E-state index in [1.807, 2.05) is 36.1 Å². The van der Waals surface area contributed by atoms with Crippen molar-refractivity contribution < 1.29 is 9.59 Å². The van der Waals surface area contributed by atoms with Crippen molar-refractivity contribution in [2.75, 3.05) is 13.1 Å². The lowest BCUT2D eigenvalue weighted by Gasteiger charge is -2.37. The second-order valence-electron chi connectivity index (χ2n) is 5.44. The van der Waals surface area contributed by atoms with Gasteiger partial charge in [0.2, 0.25) is 11.8 Å². The maximum Gasteiger partial charge on any atom is 0.246 e. The highest BCUT2D eigenvalue weighted by Gasteiger charge is 2.36. The fourth-order valence-electron chi connectivity index (χ4n) is 2.47. The maximum absolute atomic E-state index is 12.4. The van der Waals surface area contributed by atoms with Gasteiger partial charge in [-0.3, -0.25) is 19.4 Å². The van der Waals surface area contributed by atoms with E-state index in [4.69, 9.17) is 0 Å². The van der Waals surface area contributed by atoms with Crippen LogP contribution in [0, 0.1) is 3.57 Å². The van der Waals surface area contributed by atoms with E-state index in [9.17, 15) is 9.59 Å². The van der Waals surface area contributed by atoms with Crippen molar-refractivity contribution in [2.24, 2.45) is 0 Å². The summed E-state index contributed by atoms with van der Waals surface area (Å²) in [7, 11) is 0. The maximum atomic E-state index is 12.4. The molecule has 0 aliphatic carbocycles. The molecule has 0 spiro atoms. The zero-order valence-corrected chi connectivity index (χ0v) is 14.7. The van der Waals surface area contributed by atoms with Crippen LogP contribution in [-0.2, 0) is 16.1 Å². The van der Waals surface area contributed by atoms with Crippen LogP contribution in [0.15, 0.2) is 24.3 Å². The van der Waals surface area contributed by atoms with Crippen molar-refractivity contribution in [1.82, 2.24) is 9.80 Å². The van der Waals surface area contributed by atoms with Crippen LogP contribution in [-0.4, -0.2) is 40.7 Å². The Morgan fingerprint density at radius 2 is 1.90 bits per heavy atom. The van der Waals surface area contributed by atoms with Gasteiger partial charge in [0.25, 0.3) is 0 Å². The van der Waals surface area contributed by atoms with Gasteiger partial charge in [-0.05, 0) is 60.2 Å². The predicted molar refractivity (Wildman–Crippen MR) is 90.7 cm³/mol. The molecule has 1 heterocycles. The standard InChI is InChI=1S/C16H21IN2O2/c1-3-4-9-18-11-15(20)19(16(21)12(18)2)10-13-5-7-14(17)8-6-13/h5-8,12H,3-4,9-11H2,1-2H3. The summed E-state index contributed by atoms with van der Waals surface area (Å²) in [5.41, 5.74) is 0.992. The van der Waals surface area contributed by atoms with Gasteiger partial charge in [0.1, 0.15) is 0 Å². The first-order valence-electron chi connectivity index (χ1n) is 7.35. The highest BCUT2D eigenvalue weighted by Crippen LogP contribution is 2.17. The Kier molecular flexibility index (Phi) is 5.75. The minimum absolute atomic E-state index is 0.0825. The van der Waals surface area contributed by atoms with Crippen LogP contribution in [0.25, 0.3) is 0 Å². The zero-order chi connectivity index (χ0) is 15.4. The van der Waals surface area contributed by atoms with E-state index in [-0.39, 0.29) is 17.9 Å². The molecule has 1 aliphatic heterocycles. The Bertz CT molecular complexity index is 516. The summed E-state index contributed by atoms with van der Waals surface area (Å²) in [5, 5.41) is 0. The van der Waals surface area contributed by atoms with E-state index in [1.165, 1.54) is 4.90 Å². The highest BCUT2D eigenvalue weighted by atomic mass is 127. The van der Waals surface area contributed by atoms with Gasteiger partial charge in [0.05, 0.1) is 19.1 Å². The van der Waals surface area contributed by atoms with Crippen LogP contribution in [0.2, 0.25) is 0 Å². The third-order valence-electron chi connectivity index (χ3n) is 3.86. The molecule has 0 N–H and O–H groups in total. The number of halogens is 1. The Balaban J connectivity index is 2.06. The second kappa shape index (κ2) is 7.35. The number of rotatable bonds is 5. The summed E-state index contributed by atoms with van der Waals surface area (Å²) in [4.78, 5) is 28.1. The van der Waals surface area contributed by atoms with Crippen molar-refractivity contribution in [2.45, 2.75) is 39.3 Å². The summed E-state index contributed by atoms with van der Waals surface area (Å²) in [6.07, 6.45) is 2.08. The molecule has 1 atom stereocenters. The summed E-state index contributed by atoms with van der Waals surface area (Å²) in [5.74, 6) is -0.173. The van der Waals surface area contributed by atoms with E-state index >= 15 is 0 Å². The molecule has 0 saturated carbocycles. The number of imide groups is 1. The molecule has 1 unspecified atom stereocenters. The number of carbonyl (C=O) groups is 2. The number of nitrogens with zero attached hydrogens (tertiary/aromatic N) is 2. The Morgan fingerprint density at radius 1 is 1.24 bits per heavy atom. The van der Waals surface area contributed by atoms with E-state index in [0.29, 0.717) is 13.1 Å². The molecule has 4 nitrogen and oxygen atoms in total. The van der Waals surface area contributed by atoms with Crippen LogP contribution >= 0.6 is 22.6 Å². The van der Waals surface area contributed by atoms with Crippen LogP contribution in [0.1, 0.15) is 32.3 Å². The number of amides is 2. The highest BCUT2D eigenvalue weighted by molar-refractivity contribution is 14.1. The molecule has 1 aliphatic rings. The normalized spacial score (nSPS) is 20.1. The molecule has 0 bridgehead atoms. The van der Waals surface area contributed by atoms with Crippen LogP contribution in [0.5, 0.6) is 0 Å². The largest absolute Gasteiger partial charge is 0.283 e. The third-order valence-corrected chi connectivity index (χ3v) is 4.58. The van der Waals surface area contributed by atoms with Crippen LogP contribution in [0.3, 0.4) is 0 Å². The molecule has 1 aromatic carbocycles. The minimum Gasteiger partial charge on any atom is -0.283 e. The van der Waals surface area contributed by atoms with Gasteiger partial charge in [0, 0.05) is 3.57 Å². The molecular weight excluding hydrogens is 379 g/mol. The fraction of sp³-hybridized carbons (Fsp3) is 0.500. The van der Waals surface area contributed by atoms with E-state index < -0.39 is 0 Å². The molecule has 0 aromatic heterocycles. The topological polar surface area (TPSA) is 40.6 Å². The fourth-order valence-corrected chi connectivity index (χ4v) is 2.83. The first kappa shape index (κ1) is 16.4. The second-order valence-corrected chi connectivity index (χ2v) is 6.69. The van der Waals surface area contributed by atoms with Gasteiger partial charge >= 0.3 is 0 Å². The molecule has 1 saturated heterocycles. The molecule has 1 fully saturated rings. The van der Waals surface area contributed by atoms with Gasteiger partial charge in [-0.1, -0.05) is 25.5 Å². The SMILES string of the molecule is CCCCN1CC(=O)N(Cc2ccc(I)cc2)C(=O)C1C. The van der Waals surface area contributed by atoms with Gasteiger partial charge in [-0.15, -0.1) is 0 Å². The van der Waals surface area contributed by atoms with E-state index in [1.54, 1.807) is 0 Å². The number of benzene rings is 1. The molecule has 2 rings (SSSR count). The van der Waals surface area contributed by atoms with E-state index in [0.717, 1.165) is 28.5 Å². The first-order valence-corrected chi connectivity index (χ1v) is 8.43. The number of hydrogen-bond acceptors (Lipinski definition) is 3. The number of unbranched alkanes of at least 4 members (excludes halogenated alkanes) is 1. The van der Waals surface area contributed by atoms with Crippen molar-refractivity contribution in [3.63, 3.8) is 0 Å². The van der Waals surface area contributed by atoms with Crippen molar-refractivity contribution in [1.29, 1.82) is 0 Å². The molecule has 2 amide bonds. The summed E-state index contributed by atoms with van der Waals surface area (Å²) in [6.45, 7) is 5.54. The van der Waals surface area contributed by atoms with Crippen molar-refractivity contribution >= 4 is 34.4 Å². The van der Waals surface area contributed by atoms with E-state index in [2.05, 4.69) is 29.5 Å². The van der Waals surface area contributed by atoms with Crippen molar-refractivity contribution in [3.05, 3.63) is 33.4 Å². The monoisotopic (exact) mass is 400 g/mol. The van der Waals surface area contributed by atoms with Gasteiger partial charge in [-0.25, -0.2) is 0 Å². The lowest BCUT2D eigenvalue weighted by atomic mass is 10.1. The molecule has 1 aromatic rings. The predicted octanol–water partition coefficient (Wildman–Crippen LogP) is 2.65. The average molecular weight is 400 g/mol. The number of piperazine rings is 1. The summed E-state index contributed by atoms with van der Waals surface area (Å²) < 4.78 is 1.15. The minimum atomic E-state index is -0.210. The smallest absolute Gasteiger partial charge is 0.246 e. The van der Waals surface area contributed by atoms with Crippen molar-refractivity contribution in [3.8, 4) is 0 Å². The Hall–Kier alpha value is -0.950. The number of hydrogen-bond donors (Lipinski definition) is 0. The summed E-state index contributed by atoms with van der Waals surface area (Å²) >= 11 is 2.24. The lowest BCUT2D eigenvalue weighted by molar-refractivity contribution is -0.156. The molecule has 0 radical (unpaired) electrons. The Labute approximate surface area is 139 Å². The average Bonchev–Trinajstić information content (AvgIpc) is 2.48. The summed E-state index contributed by atoms with van der Waals surface area (Å²) in [6, 6.07) is 7.71. The zero-order valence-electron chi connectivity index (χ0n) is 12.5. The molecule has 5 heteroatoms. The molecule has 21 heavy (non-hydrogen) atoms. The molecular formula is C16H21IN2O2. The van der Waals surface area contributed by atoms with Crippen LogP contribution < -0.4 is 0 Å². The number of carbonyl (C=O) groups excluding carboxylic acids is 2. The van der Waals surface area contributed by atoms with Gasteiger partial charge < -0.3 is 0 Å². The quantitative estimate of drug-likeness (QED) is 0.564. The lowest BCUT2D eigenvalue weighted by Crippen LogP contribution is -2.58. The van der Waals surface area contributed by atoms with Gasteiger partial charge in [0.15, 0.2) is 0 Å². The Morgan fingerprint density at radius 3 is 2.52 bits per heavy atom. The van der Waals surface area contributed by atoms with Crippen LogP contribution in [0.4, 0.5) is 0 Å². The third kappa shape index (κ3) is 4.03. The first-order chi connectivity index (χ1) is 10.0. The van der Waals surface area contributed by atoms with Gasteiger partial charge in [-0.2, -0.15) is 0 Å².